The Bertz CT molecular complexity index is 626. The lowest BCUT2D eigenvalue weighted by molar-refractivity contribution is 0.0951. The summed E-state index contributed by atoms with van der Waals surface area (Å²) in [6, 6.07) is 10.8. The van der Waals surface area contributed by atoms with Crippen molar-refractivity contribution < 1.29 is 19.0 Å². The first-order chi connectivity index (χ1) is 10.1. The van der Waals surface area contributed by atoms with E-state index in [0.717, 1.165) is 5.56 Å². The maximum atomic E-state index is 12.8. The summed E-state index contributed by atoms with van der Waals surface area (Å²) in [5.74, 6) is -0.599. The van der Waals surface area contributed by atoms with Gasteiger partial charge in [-0.15, -0.1) is 0 Å². The molecular weight excluding hydrogens is 273 g/mol. The number of ether oxygens (including phenoxy) is 1. The number of aromatic hydroxyl groups is 1. The van der Waals surface area contributed by atoms with Crippen LogP contribution in [0.25, 0.3) is 0 Å². The van der Waals surface area contributed by atoms with Gasteiger partial charge in [-0.3, -0.25) is 4.79 Å². The zero-order chi connectivity index (χ0) is 15.2. The Morgan fingerprint density at radius 3 is 2.62 bits per heavy atom. The number of nitrogens with one attached hydrogen (secondary N) is 1. The third kappa shape index (κ3) is 3.72. The van der Waals surface area contributed by atoms with Crippen molar-refractivity contribution in [3.8, 4) is 11.5 Å². The van der Waals surface area contributed by atoms with E-state index in [4.69, 9.17) is 4.74 Å². The Balaban J connectivity index is 1.94. The zero-order valence-electron chi connectivity index (χ0n) is 11.6. The van der Waals surface area contributed by atoms with Gasteiger partial charge in [0.1, 0.15) is 5.82 Å². The van der Waals surface area contributed by atoms with Crippen molar-refractivity contribution in [2.75, 3.05) is 13.7 Å². The highest BCUT2D eigenvalue weighted by molar-refractivity contribution is 5.97. The van der Waals surface area contributed by atoms with E-state index in [1.807, 2.05) is 0 Å². The van der Waals surface area contributed by atoms with Gasteiger partial charge in [-0.05, 0) is 36.2 Å². The molecule has 21 heavy (non-hydrogen) atoms. The van der Waals surface area contributed by atoms with E-state index >= 15 is 0 Å². The summed E-state index contributed by atoms with van der Waals surface area (Å²) < 4.78 is 17.7. The fourth-order valence-electron chi connectivity index (χ4n) is 1.94. The Morgan fingerprint density at radius 1 is 1.24 bits per heavy atom. The number of carbonyl (C=O) groups excluding carboxylic acids is 1. The van der Waals surface area contributed by atoms with Gasteiger partial charge in [-0.25, -0.2) is 4.39 Å². The predicted octanol–water partition coefficient (Wildman–Crippen LogP) is 2.51. The number of para-hydroxylation sites is 1. The van der Waals surface area contributed by atoms with Gasteiger partial charge < -0.3 is 15.2 Å². The van der Waals surface area contributed by atoms with Crippen LogP contribution in [0.4, 0.5) is 4.39 Å². The van der Waals surface area contributed by atoms with Crippen molar-refractivity contribution in [3.05, 3.63) is 59.4 Å². The first-order valence-corrected chi connectivity index (χ1v) is 6.50. The fraction of sp³-hybridized carbons (Fsp3) is 0.188. The monoisotopic (exact) mass is 289 g/mol. The molecule has 110 valence electrons. The van der Waals surface area contributed by atoms with Crippen LogP contribution >= 0.6 is 0 Å². The number of carbonyl (C=O) groups is 1. The number of benzene rings is 2. The molecule has 0 spiro atoms. The summed E-state index contributed by atoms with van der Waals surface area (Å²) in [7, 11) is 1.42. The first kappa shape index (κ1) is 14.8. The smallest absolute Gasteiger partial charge is 0.255 e. The van der Waals surface area contributed by atoms with Gasteiger partial charge in [0.05, 0.1) is 12.7 Å². The minimum atomic E-state index is -0.381. The minimum absolute atomic E-state index is 0.161. The molecule has 0 unspecified atom stereocenters. The molecule has 2 aromatic rings. The molecule has 2 aromatic carbocycles. The number of rotatable bonds is 5. The van der Waals surface area contributed by atoms with Gasteiger partial charge in [0, 0.05) is 6.54 Å². The highest BCUT2D eigenvalue weighted by Crippen LogP contribution is 2.29. The average molecular weight is 289 g/mol. The molecular formula is C16H16FNO3. The second-order valence-electron chi connectivity index (χ2n) is 4.49. The number of hydrogen-bond donors (Lipinski definition) is 2. The van der Waals surface area contributed by atoms with E-state index < -0.39 is 0 Å². The zero-order valence-corrected chi connectivity index (χ0v) is 11.6. The number of phenols is 1. The average Bonchev–Trinajstić information content (AvgIpc) is 2.49. The van der Waals surface area contributed by atoms with Crippen molar-refractivity contribution in [2.24, 2.45) is 0 Å². The summed E-state index contributed by atoms with van der Waals surface area (Å²) >= 11 is 0. The van der Waals surface area contributed by atoms with E-state index in [1.54, 1.807) is 24.3 Å². The van der Waals surface area contributed by atoms with Gasteiger partial charge in [-0.1, -0.05) is 18.2 Å². The molecule has 0 bridgehead atoms. The lowest BCUT2D eigenvalue weighted by Gasteiger charge is -2.09. The van der Waals surface area contributed by atoms with E-state index in [2.05, 4.69) is 5.32 Å². The molecule has 0 aliphatic heterocycles. The largest absolute Gasteiger partial charge is 0.504 e. The van der Waals surface area contributed by atoms with Crippen LogP contribution in [-0.2, 0) is 6.42 Å². The molecule has 0 saturated carbocycles. The topological polar surface area (TPSA) is 58.6 Å². The van der Waals surface area contributed by atoms with Crippen molar-refractivity contribution in [3.63, 3.8) is 0 Å². The predicted molar refractivity (Wildman–Crippen MR) is 77.1 cm³/mol. The summed E-state index contributed by atoms with van der Waals surface area (Å²) in [5.41, 5.74) is 1.08. The van der Waals surface area contributed by atoms with Crippen LogP contribution in [0.5, 0.6) is 11.5 Å². The van der Waals surface area contributed by atoms with E-state index in [0.29, 0.717) is 13.0 Å². The van der Waals surface area contributed by atoms with E-state index in [-0.39, 0.29) is 28.8 Å². The molecule has 0 radical (unpaired) electrons. The lowest BCUT2D eigenvalue weighted by Crippen LogP contribution is -2.25. The minimum Gasteiger partial charge on any atom is -0.504 e. The molecule has 0 fully saturated rings. The standard InChI is InChI=1S/C16H16FNO3/c1-21-14-4-2-3-13(15(14)19)16(20)18-10-9-11-5-7-12(17)8-6-11/h2-8,19H,9-10H2,1H3,(H,18,20). The third-order valence-corrected chi connectivity index (χ3v) is 3.08. The summed E-state index contributed by atoms with van der Waals surface area (Å²) in [4.78, 5) is 12.0. The molecule has 1 amide bonds. The second kappa shape index (κ2) is 6.74. The molecule has 0 aliphatic carbocycles. The number of halogens is 1. The van der Waals surface area contributed by atoms with Gasteiger partial charge in [-0.2, -0.15) is 0 Å². The number of methoxy groups -OCH3 is 1. The Kier molecular flexibility index (Phi) is 4.77. The molecule has 0 aliphatic rings. The van der Waals surface area contributed by atoms with Crippen LogP contribution in [0.2, 0.25) is 0 Å². The molecule has 0 saturated heterocycles. The fourth-order valence-corrected chi connectivity index (χ4v) is 1.94. The normalized spacial score (nSPS) is 10.2. The Hall–Kier alpha value is -2.56. The molecule has 2 N–H and O–H groups in total. The van der Waals surface area contributed by atoms with Crippen molar-refractivity contribution >= 4 is 5.91 Å². The lowest BCUT2D eigenvalue weighted by atomic mass is 10.1. The van der Waals surface area contributed by atoms with Crippen LogP contribution in [-0.4, -0.2) is 24.7 Å². The van der Waals surface area contributed by atoms with Gasteiger partial charge in [0.15, 0.2) is 11.5 Å². The second-order valence-corrected chi connectivity index (χ2v) is 4.49. The van der Waals surface area contributed by atoms with Crippen LogP contribution < -0.4 is 10.1 Å². The molecule has 0 heterocycles. The van der Waals surface area contributed by atoms with Crippen LogP contribution in [0.3, 0.4) is 0 Å². The highest BCUT2D eigenvalue weighted by atomic mass is 19.1. The highest BCUT2D eigenvalue weighted by Gasteiger charge is 2.14. The van der Waals surface area contributed by atoms with Crippen LogP contribution in [0, 0.1) is 5.82 Å². The number of amides is 1. The molecule has 0 atom stereocenters. The van der Waals surface area contributed by atoms with E-state index in [1.165, 1.54) is 25.3 Å². The molecule has 2 rings (SSSR count). The number of hydrogen-bond acceptors (Lipinski definition) is 3. The maximum absolute atomic E-state index is 12.8. The molecule has 4 nitrogen and oxygen atoms in total. The van der Waals surface area contributed by atoms with Crippen LogP contribution in [0.15, 0.2) is 42.5 Å². The van der Waals surface area contributed by atoms with Gasteiger partial charge >= 0.3 is 0 Å². The van der Waals surface area contributed by atoms with Crippen molar-refractivity contribution in [1.29, 1.82) is 0 Å². The quantitative estimate of drug-likeness (QED) is 0.889. The summed E-state index contributed by atoms with van der Waals surface area (Å²) in [6.07, 6.45) is 0.580. The van der Waals surface area contributed by atoms with Gasteiger partial charge in [0.2, 0.25) is 0 Å². The SMILES string of the molecule is COc1cccc(C(=O)NCCc2ccc(F)cc2)c1O. The Morgan fingerprint density at radius 2 is 1.95 bits per heavy atom. The third-order valence-electron chi connectivity index (χ3n) is 3.08. The summed E-state index contributed by atoms with van der Waals surface area (Å²) in [5, 5.41) is 12.6. The number of phenolic OH excluding ortho intramolecular Hbond substituents is 1. The Labute approximate surface area is 122 Å². The van der Waals surface area contributed by atoms with E-state index in [9.17, 15) is 14.3 Å². The summed E-state index contributed by atoms with van der Waals surface area (Å²) in [6.45, 7) is 0.390. The van der Waals surface area contributed by atoms with Crippen molar-refractivity contribution in [1.82, 2.24) is 5.32 Å². The van der Waals surface area contributed by atoms with Crippen molar-refractivity contribution in [2.45, 2.75) is 6.42 Å². The molecule has 5 heteroatoms. The first-order valence-electron chi connectivity index (χ1n) is 6.50. The molecule has 0 aromatic heterocycles. The van der Waals surface area contributed by atoms with Gasteiger partial charge in [0.25, 0.3) is 5.91 Å². The van der Waals surface area contributed by atoms with Crippen LogP contribution in [0.1, 0.15) is 15.9 Å². The maximum Gasteiger partial charge on any atom is 0.255 e.